The van der Waals surface area contributed by atoms with Crippen molar-refractivity contribution in [2.24, 2.45) is 5.92 Å². The summed E-state index contributed by atoms with van der Waals surface area (Å²) in [5.74, 6) is 0.309. The smallest absolute Gasteiger partial charge is 0.282 e. The summed E-state index contributed by atoms with van der Waals surface area (Å²) in [5, 5.41) is 21.8. The Kier molecular flexibility index (Phi) is 2.91. The van der Waals surface area contributed by atoms with Crippen molar-refractivity contribution in [2.75, 3.05) is 0 Å². The molecular weight excluding hydrogens is 244 g/mol. The van der Waals surface area contributed by atoms with Crippen LogP contribution in [0.25, 0.3) is 10.9 Å². The molecule has 1 aliphatic carbocycles. The van der Waals surface area contributed by atoms with Crippen molar-refractivity contribution in [2.45, 2.75) is 25.4 Å². The number of rotatable bonds is 4. The van der Waals surface area contributed by atoms with Gasteiger partial charge in [0.2, 0.25) is 0 Å². The van der Waals surface area contributed by atoms with E-state index in [0.717, 1.165) is 12.8 Å². The van der Waals surface area contributed by atoms with E-state index in [9.17, 15) is 15.2 Å². The molecule has 1 saturated carbocycles. The molecule has 1 aromatic heterocycles. The number of nitro groups is 1. The third-order valence-electron chi connectivity index (χ3n) is 3.62. The second kappa shape index (κ2) is 4.59. The SMILES string of the molecule is O=[N+]([O-])c1c(CC(O)C2CC2)ccc2ncccc12. The van der Waals surface area contributed by atoms with Gasteiger partial charge in [-0.1, -0.05) is 0 Å². The van der Waals surface area contributed by atoms with Gasteiger partial charge in [-0.25, -0.2) is 0 Å². The molecule has 1 heterocycles. The summed E-state index contributed by atoms with van der Waals surface area (Å²) in [5.41, 5.74) is 1.27. The van der Waals surface area contributed by atoms with Crippen LogP contribution in [0.3, 0.4) is 0 Å². The number of hydrogen-bond donors (Lipinski definition) is 1. The van der Waals surface area contributed by atoms with E-state index in [4.69, 9.17) is 0 Å². The zero-order valence-corrected chi connectivity index (χ0v) is 10.3. The van der Waals surface area contributed by atoms with Crippen LogP contribution in [0.2, 0.25) is 0 Å². The maximum absolute atomic E-state index is 11.3. The highest BCUT2D eigenvalue weighted by molar-refractivity contribution is 5.89. The van der Waals surface area contributed by atoms with Crippen LogP contribution in [0, 0.1) is 16.0 Å². The Hall–Kier alpha value is -2.01. The first-order valence-corrected chi connectivity index (χ1v) is 6.36. The fraction of sp³-hybridized carbons (Fsp3) is 0.357. The summed E-state index contributed by atoms with van der Waals surface area (Å²) in [4.78, 5) is 15.0. The van der Waals surface area contributed by atoms with E-state index in [1.807, 2.05) is 0 Å². The van der Waals surface area contributed by atoms with Crippen LogP contribution in [0.4, 0.5) is 5.69 Å². The van der Waals surface area contributed by atoms with Crippen LogP contribution in [0.5, 0.6) is 0 Å². The second-order valence-corrected chi connectivity index (χ2v) is 5.01. The first-order chi connectivity index (χ1) is 9.16. The summed E-state index contributed by atoms with van der Waals surface area (Å²) >= 11 is 0. The van der Waals surface area contributed by atoms with Crippen LogP contribution < -0.4 is 0 Å². The quantitative estimate of drug-likeness (QED) is 0.675. The lowest BCUT2D eigenvalue weighted by molar-refractivity contribution is -0.383. The third kappa shape index (κ3) is 2.29. The van der Waals surface area contributed by atoms with E-state index in [2.05, 4.69) is 4.98 Å². The van der Waals surface area contributed by atoms with Crippen molar-refractivity contribution in [3.8, 4) is 0 Å². The van der Waals surface area contributed by atoms with Crippen molar-refractivity contribution < 1.29 is 10.0 Å². The van der Waals surface area contributed by atoms with Gasteiger partial charge in [-0.15, -0.1) is 0 Å². The molecule has 5 heteroatoms. The number of aliphatic hydroxyl groups excluding tert-OH is 1. The van der Waals surface area contributed by atoms with E-state index in [-0.39, 0.29) is 10.6 Å². The molecule has 1 atom stereocenters. The molecule has 0 aliphatic heterocycles. The molecule has 0 bridgehead atoms. The Morgan fingerprint density at radius 3 is 2.89 bits per heavy atom. The van der Waals surface area contributed by atoms with Crippen LogP contribution in [0.1, 0.15) is 18.4 Å². The number of fused-ring (bicyclic) bond motifs is 1. The highest BCUT2D eigenvalue weighted by atomic mass is 16.6. The minimum Gasteiger partial charge on any atom is -0.392 e. The molecule has 1 aliphatic rings. The molecule has 0 radical (unpaired) electrons. The lowest BCUT2D eigenvalue weighted by Gasteiger charge is -2.10. The van der Waals surface area contributed by atoms with Gasteiger partial charge in [0.15, 0.2) is 0 Å². The Balaban J connectivity index is 2.07. The van der Waals surface area contributed by atoms with Crippen molar-refractivity contribution in [1.29, 1.82) is 0 Å². The summed E-state index contributed by atoms with van der Waals surface area (Å²) in [6.45, 7) is 0. The first-order valence-electron chi connectivity index (χ1n) is 6.36. The number of nitro benzene ring substituents is 1. The summed E-state index contributed by atoms with van der Waals surface area (Å²) < 4.78 is 0. The molecule has 19 heavy (non-hydrogen) atoms. The number of pyridine rings is 1. The van der Waals surface area contributed by atoms with Gasteiger partial charge >= 0.3 is 0 Å². The molecule has 98 valence electrons. The maximum Gasteiger partial charge on any atom is 0.282 e. The molecule has 1 N–H and O–H groups in total. The predicted octanol–water partition coefficient (Wildman–Crippen LogP) is 2.46. The molecule has 0 saturated heterocycles. The van der Waals surface area contributed by atoms with Gasteiger partial charge in [-0.2, -0.15) is 0 Å². The van der Waals surface area contributed by atoms with Gasteiger partial charge in [-0.05, 0) is 43.0 Å². The van der Waals surface area contributed by atoms with E-state index in [1.54, 1.807) is 30.5 Å². The van der Waals surface area contributed by atoms with Crippen molar-refractivity contribution in [3.05, 3.63) is 46.1 Å². The van der Waals surface area contributed by atoms with E-state index < -0.39 is 6.10 Å². The Labute approximate surface area is 110 Å². The van der Waals surface area contributed by atoms with Crippen LogP contribution in [-0.4, -0.2) is 21.1 Å². The van der Waals surface area contributed by atoms with Gasteiger partial charge in [0.1, 0.15) is 0 Å². The highest BCUT2D eigenvalue weighted by Gasteiger charge is 2.31. The summed E-state index contributed by atoms with van der Waals surface area (Å²) in [7, 11) is 0. The largest absolute Gasteiger partial charge is 0.392 e. The van der Waals surface area contributed by atoms with Crippen molar-refractivity contribution in [3.63, 3.8) is 0 Å². The average Bonchev–Trinajstić information content (AvgIpc) is 3.22. The number of aromatic nitrogens is 1. The third-order valence-corrected chi connectivity index (χ3v) is 3.62. The maximum atomic E-state index is 11.3. The summed E-state index contributed by atoms with van der Waals surface area (Å²) in [6, 6.07) is 6.88. The number of benzene rings is 1. The van der Waals surface area contributed by atoms with Gasteiger partial charge in [-0.3, -0.25) is 15.1 Å². The Morgan fingerprint density at radius 1 is 1.42 bits per heavy atom. The molecule has 0 spiro atoms. The first kappa shape index (κ1) is 12.0. The van der Waals surface area contributed by atoms with Gasteiger partial charge in [0, 0.05) is 18.2 Å². The minimum atomic E-state index is -0.479. The number of nitrogens with zero attached hydrogens (tertiary/aromatic N) is 2. The number of hydrogen-bond acceptors (Lipinski definition) is 4. The molecule has 0 amide bonds. The molecule has 2 aromatic rings. The summed E-state index contributed by atoms with van der Waals surface area (Å²) in [6.07, 6.45) is 3.51. The minimum absolute atomic E-state index is 0.0744. The molecule has 1 fully saturated rings. The molecule has 1 aromatic carbocycles. The normalized spacial score (nSPS) is 16.5. The van der Waals surface area contributed by atoms with Gasteiger partial charge in [0.25, 0.3) is 5.69 Å². The average molecular weight is 258 g/mol. The van der Waals surface area contributed by atoms with Gasteiger partial charge in [0.05, 0.1) is 21.9 Å². The number of aliphatic hydroxyl groups is 1. The van der Waals surface area contributed by atoms with E-state index in [0.29, 0.717) is 28.8 Å². The molecule has 1 unspecified atom stereocenters. The van der Waals surface area contributed by atoms with E-state index >= 15 is 0 Å². The zero-order valence-electron chi connectivity index (χ0n) is 10.3. The fourth-order valence-electron chi connectivity index (χ4n) is 2.44. The van der Waals surface area contributed by atoms with E-state index in [1.165, 1.54) is 0 Å². The van der Waals surface area contributed by atoms with Crippen LogP contribution >= 0.6 is 0 Å². The zero-order chi connectivity index (χ0) is 13.4. The lowest BCUT2D eigenvalue weighted by Crippen LogP contribution is -2.14. The van der Waals surface area contributed by atoms with Crippen molar-refractivity contribution >= 4 is 16.6 Å². The molecule has 3 rings (SSSR count). The second-order valence-electron chi connectivity index (χ2n) is 5.01. The monoisotopic (exact) mass is 258 g/mol. The Bertz CT molecular complexity index is 638. The molecule has 5 nitrogen and oxygen atoms in total. The highest BCUT2D eigenvalue weighted by Crippen LogP contribution is 2.36. The Morgan fingerprint density at radius 2 is 2.21 bits per heavy atom. The van der Waals surface area contributed by atoms with Crippen LogP contribution in [-0.2, 0) is 6.42 Å². The predicted molar refractivity (Wildman–Crippen MR) is 70.8 cm³/mol. The van der Waals surface area contributed by atoms with Gasteiger partial charge < -0.3 is 5.11 Å². The van der Waals surface area contributed by atoms with Crippen LogP contribution in [0.15, 0.2) is 30.5 Å². The lowest BCUT2D eigenvalue weighted by atomic mass is 10.0. The topological polar surface area (TPSA) is 76.3 Å². The van der Waals surface area contributed by atoms with Crippen molar-refractivity contribution in [1.82, 2.24) is 4.98 Å². The standard InChI is InChI=1S/C14H14N2O3/c17-13(9-3-4-9)8-10-5-6-12-11(2-1-7-15-12)14(10)16(18)19/h1-2,5-7,9,13,17H,3-4,8H2. The molecular formula is C14H14N2O3. The fourth-order valence-corrected chi connectivity index (χ4v) is 2.44.